The first-order valence-electron chi connectivity index (χ1n) is 8.79. The van der Waals surface area contributed by atoms with Gasteiger partial charge in [-0.1, -0.05) is 33.1 Å². The average molecular weight is 299 g/mol. The van der Waals surface area contributed by atoms with Crippen molar-refractivity contribution in [3.05, 3.63) is 0 Å². The molecule has 2 rings (SSSR count). The third-order valence-corrected chi connectivity index (χ3v) is 5.03. The van der Waals surface area contributed by atoms with Crippen LogP contribution in [0.25, 0.3) is 0 Å². The molecule has 2 aliphatic rings. The summed E-state index contributed by atoms with van der Waals surface area (Å²) in [6.07, 6.45) is 8.48. The molecule has 0 saturated heterocycles. The Hall–Kier alpha value is -0.160. The van der Waals surface area contributed by atoms with Crippen LogP contribution in [0.3, 0.4) is 0 Å². The van der Waals surface area contributed by atoms with Crippen LogP contribution in [0.4, 0.5) is 0 Å². The van der Waals surface area contributed by atoms with Gasteiger partial charge in [0.15, 0.2) is 0 Å². The van der Waals surface area contributed by atoms with Crippen LogP contribution in [0.5, 0.6) is 0 Å². The molecule has 2 fully saturated rings. The lowest BCUT2D eigenvalue weighted by molar-refractivity contribution is -0.185. The molecule has 0 heterocycles. The number of hydrogen-bond acceptors (Lipinski definition) is 4. The van der Waals surface area contributed by atoms with E-state index in [9.17, 15) is 0 Å². The maximum absolute atomic E-state index is 6.44. The molecule has 0 radical (unpaired) electrons. The molecule has 21 heavy (non-hydrogen) atoms. The molecule has 0 aliphatic heterocycles. The zero-order valence-electron chi connectivity index (χ0n) is 14.0. The Balaban J connectivity index is 1.82. The topological polar surface area (TPSA) is 39.7 Å². The average Bonchev–Trinajstić information content (AvgIpc) is 2.51. The summed E-state index contributed by atoms with van der Waals surface area (Å²) >= 11 is 0. The maximum Gasteiger partial charge on any atom is 0.0991 e. The summed E-state index contributed by atoms with van der Waals surface area (Å²) in [7, 11) is 1.72. The first-order valence-corrected chi connectivity index (χ1v) is 8.79. The van der Waals surface area contributed by atoms with Gasteiger partial charge in [0.1, 0.15) is 0 Å². The van der Waals surface area contributed by atoms with E-state index < -0.39 is 0 Å². The van der Waals surface area contributed by atoms with Crippen molar-refractivity contribution in [2.75, 3.05) is 26.9 Å². The maximum atomic E-state index is 6.44. The number of hydrogen-bond donors (Lipinski definition) is 1. The van der Waals surface area contributed by atoms with E-state index in [0.29, 0.717) is 25.4 Å². The summed E-state index contributed by atoms with van der Waals surface area (Å²) in [5.74, 6) is 0.747. The van der Waals surface area contributed by atoms with Crippen molar-refractivity contribution in [3.63, 3.8) is 0 Å². The van der Waals surface area contributed by atoms with E-state index in [1.807, 2.05) is 0 Å². The fourth-order valence-electron chi connectivity index (χ4n) is 3.71. The lowest BCUT2D eigenvalue weighted by atomic mass is 9.82. The quantitative estimate of drug-likeness (QED) is 0.665. The Morgan fingerprint density at radius 1 is 1.05 bits per heavy atom. The van der Waals surface area contributed by atoms with E-state index in [-0.39, 0.29) is 12.2 Å². The number of ether oxygens (including phenoxy) is 3. The molecule has 4 nitrogen and oxygen atoms in total. The van der Waals surface area contributed by atoms with Gasteiger partial charge in [0.25, 0.3) is 0 Å². The van der Waals surface area contributed by atoms with Gasteiger partial charge >= 0.3 is 0 Å². The molecule has 124 valence electrons. The van der Waals surface area contributed by atoms with Crippen molar-refractivity contribution in [1.29, 1.82) is 0 Å². The summed E-state index contributed by atoms with van der Waals surface area (Å²) in [6, 6.07) is 0.445. The van der Waals surface area contributed by atoms with Crippen LogP contribution in [-0.2, 0) is 14.2 Å². The minimum absolute atomic E-state index is 0.194. The third-order valence-electron chi connectivity index (χ3n) is 5.03. The number of nitrogens with one attached hydrogen (secondary N) is 1. The van der Waals surface area contributed by atoms with Gasteiger partial charge in [0.05, 0.1) is 31.5 Å². The second-order valence-corrected chi connectivity index (χ2v) is 6.39. The molecule has 1 N–H and O–H groups in total. The molecule has 0 spiro atoms. The van der Waals surface area contributed by atoms with Gasteiger partial charge in [-0.05, 0) is 31.7 Å². The van der Waals surface area contributed by atoms with E-state index in [2.05, 4.69) is 19.2 Å². The van der Waals surface area contributed by atoms with Crippen LogP contribution in [0.15, 0.2) is 0 Å². The smallest absolute Gasteiger partial charge is 0.0991 e. The molecular weight excluding hydrogens is 266 g/mol. The van der Waals surface area contributed by atoms with E-state index in [1.165, 1.54) is 32.1 Å². The molecule has 5 unspecified atom stereocenters. The van der Waals surface area contributed by atoms with Gasteiger partial charge in [-0.2, -0.15) is 0 Å². The van der Waals surface area contributed by atoms with E-state index >= 15 is 0 Å². The Morgan fingerprint density at radius 2 is 1.86 bits per heavy atom. The first-order chi connectivity index (χ1) is 10.3. The van der Waals surface area contributed by atoms with Crippen molar-refractivity contribution >= 4 is 0 Å². The lowest BCUT2D eigenvalue weighted by Crippen LogP contribution is -2.61. The van der Waals surface area contributed by atoms with Gasteiger partial charge in [-0.15, -0.1) is 0 Å². The first kappa shape index (κ1) is 17.2. The third kappa shape index (κ3) is 4.65. The van der Waals surface area contributed by atoms with E-state index in [0.717, 1.165) is 18.9 Å². The molecule has 0 aromatic heterocycles. The van der Waals surface area contributed by atoms with Gasteiger partial charge in [0, 0.05) is 13.2 Å². The number of likely N-dealkylation sites (N-methyl/N-ethyl adjacent to an activating group) is 1. The molecule has 5 atom stereocenters. The highest BCUT2D eigenvalue weighted by Crippen LogP contribution is 2.35. The summed E-state index contributed by atoms with van der Waals surface area (Å²) in [6.45, 7) is 6.74. The van der Waals surface area contributed by atoms with Crippen molar-refractivity contribution in [2.45, 2.75) is 76.7 Å². The number of methoxy groups -OCH3 is 1. The zero-order chi connectivity index (χ0) is 15.1. The number of rotatable bonds is 9. The molecule has 0 aromatic rings. The fraction of sp³-hybridized carbons (Fsp3) is 1.00. The van der Waals surface area contributed by atoms with Crippen LogP contribution in [-0.4, -0.2) is 51.2 Å². The lowest BCUT2D eigenvalue weighted by Gasteiger charge is -2.47. The van der Waals surface area contributed by atoms with Gasteiger partial charge in [-0.3, -0.25) is 0 Å². The normalized spacial score (nSPS) is 36.4. The molecular formula is C17H33NO3. The Labute approximate surface area is 129 Å². The fourth-order valence-corrected chi connectivity index (χ4v) is 3.71. The monoisotopic (exact) mass is 299 g/mol. The van der Waals surface area contributed by atoms with Crippen molar-refractivity contribution in [1.82, 2.24) is 5.32 Å². The van der Waals surface area contributed by atoms with Crippen LogP contribution in [0.2, 0.25) is 0 Å². The second-order valence-electron chi connectivity index (χ2n) is 6.39. The molecule has 0 bridgehead atoms. The Bertz CT molecular complexity index is 287. The highest BCUT2D eigenvalue weighted by atomic mass is 16.6. The largest absolute Gasteiger partial charge is 0.382 e. The molecule has 4 heteroatoms. The zero-order valence-corrected chi connectivity index (χ0v) is 14.0. The highest BCUT2D eigenvalue weighted by molar-refractivity contribution is 4.98. The molecule has 2 saturated carbocycles. The summed E-state index contributed by atoms with van der Waals surface area (Å²) in [4.78, 5) is 0. The van der Waals surface area contributed by atoms with Crippen LogP contribution in [0, 0.1) is 5.92 Å². The van der Waals surface area contributed by atoms with Crippen molar-refractivity contribution in [3.8, 4) is 0 Å². The van der Waals surface area contributed by atoms with E-state index in [4.69, 9.17) is 14.2 Å². The van der Waals surface area contributed by atoms with Crippen molar-refractivity contribution < 1.29 is 14.2 Å². The van der Waals surface area contributed by atoms with Crippen LogP contribution in [0.1, 0.15) is 52.4 Å². The van der Waals surface area contributed by atoms with Crippen LogP contribution < -0.4 is 5.32 Å². The minimum atomic E-state index is 0.194. The minimum Gasteiger partial charge on any atom is -0.382 e. The summed E-state index contributed by atoms with van der Waals surface area (Å²) in [5, 5.41) is 3.51. The van der Waals surface area contributed by atoms with E-state index in [1.54, 1.807) is 7.11 Å². The van der Waals surface area contributed by atoms with Gasteiger partial charge < -0.3 is 19.5 Å². The summed E-state index contributed by atoms with van der Waals surface area (Å²) < 4.78 is 17.5. The Morgan fingerprint density at radius 3 is 2.57 bits per heavy atom. The summed E-state index contributed by atoms with van der Waals surface area (Å²) in [5.41, 5.74) is 0. The predicted octanol–water partition coefficient (Wildman–Crippen LogP) is 2.75. The van der Waals surface area contributed by atoms with Gasteiger partial charge in [-0.25, -0.2) is 0 Å². The van der Waals surface area contributed by atoms with Crippen LogP contribution >= 0.6 is 0 Å². The van der Waals surface area contributed by atoms with Crippen molar-refractivity contribution in [2.24, 2.45) is 5.92 Å². The standard InChI is InChI=1S/C17H33NO3/c1-4-13-8-6-7-9-15(13)21-16-12-14(18-5-2)17(16)20-11-10-19-3/h13-18H,4-12H2,1-3H3. The molecule has 0 aromatic carbocycles. The molecule has 0 amide bonds. The SMILES string of the molecule is CCNC1CC(OC2CCCCC2CC)C1OCCOC. The molecule has 2 aliphatic carbocycles. The van der Waals surface area contributed by atoms with Gasteiger partial charge in [0.2, 0.25) is 0 Å². The highest BCUT2D eigenvalue weighted by Gasteiger charge is 2.44. The Kier molecular flexibility index (Phi) is 7.44. The second kappa shape index (κ2) is 9.09. The predicted molar refractivity (Wildman–Crippen MR) is 84.6 cm³/mol.